The first-order valence-corrected chi connectivity index (χ1v) is 4.17. The van der Waals surface area contributed by atoms with E-state index in [4.69, 9.17) is 0 Å². The van der Waals surface area contributed by atoms with Gasteiger partial charge in [0, 0.05) is 26.1 Å². The molecule has 0 aromatic rings. The van der Waals surface area contributed by atoms with Gasteiger partial charge in [0.05, 0.1) is 6.61 Å². The molecule has 1 aliphatic heterocycles. The number of esters is 1. The highest BCUT2D eigenvalue weighted by Crippen LogP contribution is 2.08. The summed E-state index contributed by atoms with van der Waals surface area (Å²) in [6.07, 6.45) is 1.98. The van der Waals surface area contributed by atoms with E-state index in [9.17, 15) is 9.59 Å². The minimum atomic E-state index is -0.236. The van der Waals surface area contributed by atoms with Crippen molar-refractivity contribution in [2.24, 2.45) is 0 Å². The van der Waals surface area contributed by atoms with Crippen LogP contribution in [0.5, 0.6) is 0 Å². The van der Waals surface area contributed by atoms with Gasteiger partial charge in [-0.2, -0.15) is 0 Å². The second kappa shape index (κ2) is 5.96. The van der Waals surface area contributed by atoms with Crippen molar-refractivity contribution in [2.45, 2.75) is 6.42 Å². The van der Waals surface area contributed by atoms with Gasteiger partial charge in [-0.05, 0) is 6.08 Å². The van der Waals surface area contributed by atoms with Crippen molar-refractivity contribution in [2.75, 3.05) is 20.7 Å². The van der Waals surface area contributed by atoms with Gasteiger partial charge in [-0.25, -0.2) is 4.79 Å². The number of carbonyl (C=O) groups excluding carboxylic acids is 2. The van der Waals surface area contributed by atoms with Crippen LogP contribution in [0.15, 0.2) is 24.8 Å². The summed E-state index contributed by atoms with van der Waals surface area (Å²) in [6, 6.07) is 0. The molecule has 1 saturated heterocycles. The third kappa shape index (κ3) is 4.45. The molecule has 4 nitrogen and oxygen atoms in total. The van der Waals surface area contributed by atoms with E-state index in [1.54, 1.807) is 14.1 Å². The van der Waals surface area contributed by atoms with E-state index in [1.807, 2.05) is 0 Å². The van der Waals surface area contributed by atoms with E-state index in [0.29, 0.717) is 18.6 Å². The lowest BCUT2D eigenvalue weighted by Crippen LogP contribution is -2.18. The monoisotopic (exact) mass is 197 g/mol. The van der Waals surface area contributed by atoms with Gasteiger partial charge < -0.3 is 9.64 Å². The van der Waals surface area contributed by atoms with Gasteiger partial charge in [0.15, 0.2) is 0 Å². The Morgan fingerprint density at radius 1 is 1.57 bits per heavy atom. The lowest BCUT2D eigenvalue weighted by molar-refractivity contribution is -0.135. The molecule has 1 rings (SSSR count). The van der Waals surface area contributed by atoms with Gasteiger partial charge in [-0.15, -0.1) is 0 Å². The number of nitrogens with zero attached hydrogens (tertiary/aromatic N) is 1. The Hall–Kier alpha value is -1.58. The third-order valence-electron chi connectivity index (χ3n) is 1.54. The van der Waals surface area contributed by atoms with E-state index < -0.39 is 0 Å². The average molecular weight is 197 g/mol. The van der Waals surface area contributed by atoms with Crippen LogP contribution in [0, 0.1) is 0 Å². The maximum atomic E-state index is 10.3. The van der Waals surface area contributed by atoms with Crippen LogP contribution in [0.25, 0.3) is 0 Å². The molecule has 0 aliphatic carbocycles. The Morgan fingerprint density at radius 2 is 2.14 bits per heavy atom. The molecule has 0 radical (unpaired) electrons. The summed E-state index contributed by atoms with van der Waals surface area (Å²) in [4.78, 5) is 22.0. The highest BCUT2D eigenvalue weighted by molar-refractivity contribution is 5.89. The summed E-state index contributed by atoms with van der Waals surface area (Å²) in [7, 11) is 3.37. The van der Waals surface area contributed by atoms with Gasteiger partial charge in [-0.3, -0.25) is 4.79 Å². The first kappa shape index (κ1) is 12.4. The second-order valence-corrected chi connectivity index (χ2v) is 2.93. The fourth-order valence-electron chi connectivity index (χ4n) is 0.654. The molecule has 0 bridgehead atoms. The molecule has 0 aromatic heterocycles. The first-order chi connectivity index (χ1) is 6.49. The van der Waals surface area contributed by atoms with E-state index in [0.717, 1.165) is 0 Å². The summed E-state index contributed by atoms with van der Waals surface area (Å²) in [5.74, 6) is -0.292. The Labute approximate surface area is 83.8 Å². The Balaban J connectivity index is 0.000000241. The lowest BCUT2D eigenvalue weighted by atomic mass is 10.3. The lowest BCUT2D eigenvalue weighted by Gasteiger charge is -2.03. The number of cyclic esters (lactones) is 1. The molecule has 14 heavy (non-hydrogen) atoms. The molecule has 1 heterocycles. The number of hydrogen-bond donors (Lipinski definition) is 0. The summed E-state index contributed by atoms with van der Waals surface area (Å²) in [6.45, 7) is 7.28. The molecular weight excluding hydrogens is 182 g/mol. The molecule has 0 spiro atoms. The highest BCUT2D eigenvalue weighted by Gasteiger charge is 2.14. The molecule has 0 saturated carbocycles. The zero-order valence-corrected chi connectivity index (χ0v) is 8.58. The molecular formula is C10H15NO3. The minimum absolute atomic E-state index is 0.0556. The second-order valence-electron chi connectivity index (χ2n) is 2.93. The van der Waals surface area contributed by atoms with E-state index in [2.05, 4.69) is 17.9 Å². The number of likely N-dealkylation sites (N-methyl/N-ethyl adjacent to an activating group) is 1. The van der Waals surface area contributed by atoms with Crippen molar-refractivity contribution in [3.05, 3.63) is 24.8 Å². The van der Waals surface area contributed by atoms with Crippen LogP contribution >= 0.6 is 0 Å². The molecule has 4 heteroatoms. The van der Waals surface area contributed by atoms with Gasteiger partial charge in [-0.1, -0.05) is 13.2 Å². The smallest absolute Gasteiger partial charge is 0.333 e. The van der Waals surface area contributed by atoms with Crippen molar-refractivity contribution >= 4 is 11.9 Å². The fourth-order valence-corrected chi connectivity index (χ4v) is 0.654. The van der Waals surface area contributed by atoms with Gasteiger partial charge >= 0.3 is 5.97 Å². The quantitative estimate of drug-likeness (QED) is 0.460. The molecule has 0 atom stereocenters. The normalized spacial score (nSPS) is 13.9. The van der Waals surface area contributed by atoms with Crippen LogP contribution < -0.4 is 0 Å². The summed E-state index contributed by atoms with van der Waals surface area (Å²) < 4.78 is 4.53. The van der Waals surface area contributed by atoms with Crippen LogP contribution in [0.4, 0.5) is 0 Å². The molecule has 1 aliphatic rings. The maximum absolute atomic E-state index is 10.3. The number of carbonyl (C=O) groups is 2. The topological polar surface area (TPSA) is 46.6 Å². The number of ether oxygens (including phenoxy) is 1. The molecule has 1 fully saturated rings. The summed E-state index contributed by atoms with van der Waals surface area (Å²) in [5, 5.41) is 0. The highest BCUT2D eigenvalue weighted by atomic mass is 16.5. The minimum Gasteiger partial charge on any atom is -0.462 e. The standard InChI is InChI=1S/C5H9NO.C5H6O2/c1-4-5(7)6(2)3;1-4-2-3-7-5(4)6/h4H,1H2,2-3H3;1-3H2. The Kier molecular flexibility index (Phi) is 5.29. The van der Waals surface area contributed by atoms with Crippen LogP contribution in [0.2, 0.25) is 0 Å². The van der Waals surface area contributed by atoms with Crippen LogP contribution in [-0.2, 0) is 14.3 Å². The van der Waals surface area contributed by atoms with Crippen LogP contribution in [0.3, 0.4) is 0 Å². The SMILES string of the molecule is C=C1CCOC1=O.C=CC(=O)N(C)C. The van der Waals surface area contributed by atoms with Gasteiger partial charge in [0.2, 0.25) is 5.91 Å². The zero-order chi connectivity index (χ0) is 11.1. The van der Waals surface area contributed by atoms with E-state index >= 15 is 0 Å². The van der Waals surface area contributed by atoms with Crippen LogP contribution in [-0.4, -0.2) is 37.5 Å². The predicted molar refractivity (Wildman–Crippen MR) is 53.6 cm³/mol. The number of amides is 1. The van der Waals surface area contributed by atoms with Crippen LogP contribution in [0.1, 0.15) is 6.42 Å². The van der Waals surface area contributed by atoms with E-state index in [-0.39, 0.29) is 11.9 Å². The zero-order valence-electron chi connectivity index (χ0n) is 8.58. The Bertz CT molecular complexity index is 239. The van der Waals surface area contributed by atoms with Crippen molar-refractivity contribution in [1.82, 2.24) is 4.90 Å². The fraction of sp³-hybridized carbons (Fsp3) is 0.400. The Morgan fingerprint density at radius 3 is 2.21 bits per heavy atom. The summed E-state index contributed by atoms with van der Waals surface area (Å²) in [5.41, 5.74) is 0.597. The molecule has 0 N–H and O–H groups in total. The van der Waals surface area contributed by atoms with Crippen molar-refractivity contribution in [3.8, 4) is 0 Å². The maximum Gasteiger partial charge on any atom is 0.333 e. The predicted octanol–water partition coefficient (Wildman–Crippen LogP) is 0.750. The third-order valence-corrected chi connectivity index (χ3v) is 1.54. The molecule has 78 valence electrons. The average Bonchev–Trinajstić information content (AvgIpc) is 2.50. The van der Waals surface area contributed by atoms with Gasteiger partial charge in [0.25, 0.3) is 0 Å². The van der Waals surface area contributed by atoms with E-state index in [1.165, 1.54) is 11.0 Å². The van der Waals surface area contributed by atoms with Crippen molar-refractivity contribution in [3.63, 3.8) is 0 Å². The largest absolute Gasteiger partial charge is 0.462 e. The number of hydrogen-bond acceptors (Lipinski definition) is 3. The van der Waals surface area contributed by atoms with Crippen molar-refractivity contribution < 1.29 is 14.3 Å². The van der Waals surface area contributed by atoms with Crippen molar-refractivity contribution in [1.29, 1.82) is 0 Å². The summed E-state index contributed by atoms with van der Waals surface area (Å²) >= 11 is 0. The molecule has 1 amide bonds. The number of rotatable bonds is 1. The molecule has 0 aromatic carbocycles. The van der Waals surface area contributed by atoms with Gasteiger partial charge in [0.1, 0.15) is 0 Å². The molecule has 0 unspecified atom stereocenters. The first-order valence-electron chi connectivity index (χ1n) is 4.17.